The Labute approximate surface area is 128 Å². The van der Waals surface area contributed by atoms with Crippen LogP contribution in [0.1, 0.15) is 26.3 Å². The van der Waals surface area contributed by atoms with E-state index in [1.165, 1.54) is 22.6 Å². The maximum Gasteiger partial charge on any atom is 0.104 e. The second kappa shape index (κ2) is 5.44. The third-order valence-corrected chi connectivity index (χ3v) is 4.21. The van der Waals surface area contributed by atoms with Crippen LogP contribution < -0.4 is 9.80 Å². The van der Waals surface area contributed by atoms with Crippen LogP contribution in [-0.2, 0) is 0 Å². The zero-order chi connectivity index (χ0) is 15.0. The number of fused-ring (bicyclic) bond motifs is 1. The fourth-order valence-electron chi connectivity index (χ4n) is 3.26. The lowest BCUT2D eigenvalue weighted by Crippen LogP contribution is -2.40. The van der Waals surface area contributed by atoms with Gasteiger partial charge in [0.2, 0.25) is 0 Å². The van der Waals surface area contributed by atoms with Gasteiger partial charge in [0.25, 0.3) is 0 Å². The van der Waals surface area contributed by atoms with Gasteiger partial charge in [-0.15, -0.1) is 0 Å². The molecule has 0 bridgehead atoms. The van der Waals surface area contributed by atoms with Gasteiger partial charge >= 0.3 is 0 Å². The van der Waals surface area contributed by atoms with Crippen LogP contribution >= 0.6 is 0 Å². The molecule has 0 aliphatic carbocycles. The van der Waals surface area contributed by atoms with Gasteiger partial charge in [-0.25, -0.2) is 0 Å². The molecule has 2 aromatic rings. The molecule has 1 atom stereocenters. The van der Waals surface area contributed by atoms with Crippen LogP contribution in [-0.4, -0.2) is 12.7 Å². The van der Waals surface area contributed by atoms with Crippen molar-refractivity contribution < 1.29 is 0 Å². The van der Waals surface area contributed by atoms with Crippen molar-refractivity contribution in [3.8, 4) is 0 Å². The van der Waals surface area contributed by atoms with Crippen molar-refractivity contribution in [3.05, 3.63) is 54.1 Å². The summed E-state index contributed by atoms with van der Waals surface area (Å²) in [5, 5.41) is 0. The van der Waals surface area contributed by atoms with E-state index in [2.05, 4.69) is 86.0 Å². The van der Waals surface area contributed by atoms with E-state index in [1.807, 2.05) is 0 Å². The summed E-state index contributed by atoms with van der Waals surface area (Å²) in [6, 6.07) is 17.4. The van der Waals surface area contributed by atoms with Gasteiger partial charge in [0.05, 0.1) is 11.4 Å². The zero-order valence-electron chi connectivity index (χ0n) is 13.4. The fourth-order valence-corrected chi connectivity index (χ4v) is 3.26. The monoisotopic (exact) mass is 280 g/mol. The summed E-state index contributed by atoms with van der Waals surface area (Å²) in [4.78, 5) is 4.99. The molecule has 0 unspecified atom stereocenters. The minimum atomic E-state index is 0.353. The molecule has 0 spiro atoms. The normalized spacial score (nSPS) is 17.5. The van der Waals surface area contributed by atoms with E-state index in [4.69, 9.17) is 0 Å². The molecule has 1 heterocycles. The molecule has 2 nitrogen and oxygen atoms in total. The van der Waals surface area contributed by atoms with Crippen LogP contribution in [0.3, 0.4) is 0 Å². The minimum Gasteiger partial charge on any atom is -0.349 e. The van der Waals surface area contributed by atoms with E-state index < -0.39 is 0 Å². The van der Waals surface area contributed by atoms with E-state index in [0.29, 0.717) is 12.1 Å². The van der Waals surface area contributed by atoms with Crippen molar-refractivity contribution in [2.45, 2.75) is 33.9 Å². The summed E-state index contributed by atoms with van der Waals surface area (Å²) in [6.45, 7) is 10.1. The molecule has 3 rings (SSSR count). The van der Waals surface area contributed by atoms with Gasteiger partial charge in [0.1, 0.15) is 6.17 Å². The van der Waals surface area contributed by atoms with Crippen LogP contribution in [0.4, 0.5) is 17.1 Å². The predicted molar refractivity (Wildman–Crippen MR) is 91.4 cm³/mol. The molecular formula is C19H24N2. The van der Waals surface area contributed by atoms with Gasteiger partial charge in [-0.05, 0) is 43.5 Å². The standard InChI is InChI=1S/C19H24N2/c1-14(2)13-20-16(4)21(17-10-6-5-9-15(17)3)19-12-8-7-11-18(19)20/h5-12,14,16H,13H2,1-4H3/t16-/m0/s1. The van der Waals surface area contributed by atoms with E-state index in [-0.39, 0.29) is 0 Å². The van der Waals surface area contributed by atoms with Crippen molar-refractivity contribution in [2.24, 2.45) is 5.92 Å². The third-order valence-electron chi connectivity index (χ3n) is 4.21. The van der Waals surface area contributed by atoms with Crippen LogP contribution in [0.5, 0.6) is 0 Å². The zero-order valence-corrected chi connectivity index (χ0v) is 13.4. The number of hydrogen-bond donors (Lipinski definition) is 0. The van der Waals surface area contributed by atoms with Crippen LogP contribution in [0.2, 0.25) is 0 Å². The third kappa shape index (κ3) is 2.39. The van der Waals surface area contributed by atoms with E-state index in [0.717, 1.165) is 6.54 Å². The Hall–Kier alpha value is -1.96. The second-order valence-electron chi connectivity index (χ2n) is 6.32. The Morgan fingerprint density at radius 3 is 2.10 bits per heavy atom. The molecule has 0 aromatic heterocycles. The Balaban J connectivity index is 2.08. The van der Waals surface area contributed by atoms with Gasteiger partial charge in [-0.2, -0.15) is 0 Å². The number of benzene rings is 2. The maximum absolute atomic E-state index is 2.52. The molecule has 0 saturated heterocycles. The van der Waals surface area contributed by atoms with Gasteiger partial charge < -0.3 is 9.80 Å². The van der Waals surface area contributed by atoms with Crippen molar-refractivity contribution in [1.82, 2.24) is 0 Å². The SMILES string of the molecule is Cc1ccccc1N1c2ccccc2N(CC(C)C)[C@@H]1C. The Morgan fingerprint density at radius 1 is 0.905 bits per heavy atom. The summed E-state index contributed by atoms with van der Waals surface area (Å²) in [6.07, 6.45) is 0.353. The summed E-state index contributed by atoms with van der Waals surface area (Å²) in [5.41, 5.74) is 5.30. The first kappa shape index (κ1) is 14.0. The molecule has 1 aliphatic rings. The number of rotatable bonds is 3. The minimum absolute atomic E-state index is 0.353. The van der Waals surface area contributed by atoms with Crippen molar-refractivity contribution >= 4 is 17.1 Å². The highest BCUT2D eigenvalue weighted by molar-refractivity contribution is 5.84. The van der Waals surface area contributed by atoms with Crippen LogP contribution in [0, 0.1) is 12.8 Å². The van der Waals surface area contributed by atoms with Crippen molar-refractivity contribution in [3.63, 3.8) is 0 Å². The number of hydrogen-bond acceptors (Lipinski definition) is 2. The Kier molecular flexibility index (Phi) is 3.62. The molecule has 0 fully saturated rings. The number of aryl methyl sites for hydroxylation is 1. The maximum atomic E-state index is 2.52. The van der Waals surface area contributed by atoms with E-state index >= 15 is 0 Å². The lowest BCUT2D eigenvalue weighted by Gasteiger charge is -2.32. The first-order valence-corrected chi connectivity index (χ1v) is 7.80. The molecule has 0 saturated carbocycles. The summed E-state index contributed by atoms with van der Waals surface area (Å²) < 4.78 is 0. The molecule has 0 radical (unpaired) electrons. The molecule has 1 aliphatic heterocycles. The summed E-state index contributed by atoms with van der Waals surface area (Å²) >= 11 is 0. The highest BCUT2D eigenvalue weighted by Gasteiger charge is 2.34. The molecule has 110 valence electrons. The van der Waals surface area contributed by atoms with Crippen LogP contribution in [0.25, 0.3) is 0 Å². The number of para-hydroxylation sites is 3. The second-order valence-corrected chi connectivity index (χ2v) is 6.32. The largest absolute Gasteiger partial charge is 0.349 e. The van der Waals surface area contributed by atoms with E-state index in [9.17, 15) is 0 Å². The highest BCUT2D eigenvalue weighted by atomic mass is 15.4. The molecular weight excluding hydrogens is 256 g/mol. The van der Waals surface area contributed by atoms with Crippen molar-refractivity contribution in [1.29, 1.82) is 0 Å². The van der Waals surface area contributed by atoms with Gasteiger partial charge in [-0.1, -0.05) is 44.2 Å². The lowest BCUT2D eigenvalue weighted by atomic mass is 10.1. The molecule has 2 aromatic carbocycles. The summed E-state index contributed by atoms with van der Waals surface area (Å²) in [5.74, 6) is 0.650. The Morgan fingerprint density at radius 2 is 1.48 bits per heavy atom. The van der Waals surface area contributed by atoms with Gasteiger partial charge in [-0.3, -0.25) is 0 Å². The average molecular weight is 280 g/mol. The van der Waals surface area contributed by atoms with Crippen molar-refractivity contribution in [2.75, 3.05) is 16.3 Å². The smallest absolute Gasteiger partial charge is 0.104 e. The molecule has 0 amide bonds. The van der Waals surface area contributed by atoms with Crippen LogP contribution in [0.15, 0.2) is 48.5 Å². The first-order valence-electron chi connectivity index (χ1n) is 7.80. The predicted octanol–water partition coefficient (Wildman–Crippen LogP) is 4.96. The lowest BCUT2D eigenvalue weighted by molar-refractivity contribution is 0.571. The van der Waals surface area contributed by atoms with Gasteiger partial charge in [0.15, 0.2) is 0 Å². The number of anilines is 3. The summed E-state index contributed by atoms with van der Waals surface area (Å²) in [7, 11) is 0. The quantitative estimate of drug-likeness (QED) is 0.784. The Bertz CT molecular complexity index is 633. The van der Waals surface area contributed by atoms with Gasteiger partial charge in [0, 0.05) is 12.2 Å². The fraction of sp³-hybridized carbons (Fsp3) is 0.368. The number of nitrogens with zero attached hydrogens (tertiary/aromatic N) is 2. The first-order chi connectivity index (χ1) is 10.1. The topological polar surface area (TPSA) is 6.48 Å². The molecule has 2 heteroatoms. The molecule has 0 N–H and O–H groups in total. The highest BCUT2D eigenvalue weighted by Crippen LogP contribution is 2.44. The molecule has 21 heavy (non-hydrogen) atoms. The average Bonchev–Trinajstić information content (AvgIpc) is 2.73. The van der Waals surface area contributed by atoms with E-state index in [1.54, 1.807) is 0 Å².